The molecular weight excluding hydrogens is 269 g/mol. The standard InChI is InChI=1S/C15H13F3O2/c1-20-14-4-2-3-12(18)15(14)13(19)7-9-5-10(16)8-11(17)6-9/h2-6,8,13,19H,7H2,1H3. The highest BCUT2D eigenvalue weighted by molar-refractivity contribution is 5.37. The highest BCUT2D eigenvalue weighted by Gasteiger charge is 2.19. The van der Waals surface area contributed by atoms with E-state index in [-0.39, 0.29) is 23.3 Å². The molecule has 0 saturated carbocycles. The van der Waals surface area contributed by atoms with E-state index in [9.17, 15) is 18.3 Å². The van der Waals surface area contributed by atoms with E-state index in [1.165, 1.54) is 25.3 Å². The molecular formula is C15H13F3O2. The second-order valence-electron chi connectivity index (χ2n) is 4.35. The largest absolute Gasteiger partial charge is 0.496 e. The molecule has 0 aliphatic carbocycles. The smallest absolute Gasteiger partial charge is 0.132 e. The van der Waals surface area contributed by atoms with Crippen molar-refractivity contribution in [1.82, 2.24) is 0 Å². The molecule has 1 atom stereocenters. The van der Waals surface area contributed by atoms with E-state index in [1.54, 1.807) is 0 Å². The minimum absolute atomic E-state index is 0.0281. The first-order valence-electron chi connectivity index (χ1n) is 5.96. The van der Waals surface area contributed by atoms with Gasteiger partial charge in [-0.2, -0.15) is 0 Å². The maximum Gasteiger partial charge on any atom is 0.132 e. The molecule has 0 fully saturated rings. The summed E-state index contributed by atoms with van der Waals surface area (Å²) in [6.07, 6.45) is -1.38. The van der Waals surface area contributed by atoms with E-state index in [1.807, 2.05) is 0 Å². The van der Waals surface area contributed by atoms with Crippen molar-refractivity contribution < 1.29 is 23.0 Å². The lowest BCUT2D eigenvalue weighted by Crippen LogP contribution is -2.07. The molecule has 2 aromatic rings. The van der Waals surface area contributed by atoms with Gasteiger partial charge in [0.2, 0.25) is 0 Å². The van der Waals surface area contributed by atoms with Gasteiger partial charge in [0.05, 0.1) is 18.8 Å². The molecule has 1 N–H and O–H groups in total. The molecule has 0 aliphatic rings. The highest BCUT2D eigenvalue weighted by atomic mass is 19.1. The lowest BCUT2D eigenvalue weighted by atomic mass is 10.00. The number of hydrogen-bond donors (Lipinski definition) is 1. The van der Waals surface area contributed by atoms with Crippen molar-refractivity contribution in [2.75, 3.05) is 7.11 Å². The van der Waals surface area contributed by atoms with E-state index < -0.39 is 23.6 Å². The highest BCUT2D eigenvalue weighted by Crippen LogP contribution is 2.30. The maximum absolute atomic E-state index is 13.8. The Labute approximate surface area is 114 Å². The van der Waals surface area contributed by atoms with Crippen LogP contribution in [-0.2, 0) is 6.42 Å². The average Bonchev–Trinajstić information content (AvgIpc) is 2.36. The van der Waals surface area contributed by atoms with Gasteiger partial charge in [-0.05, 0) is 29.8 Å². The molecule has 0 aromatic heterocycles. The minimum atomic E-state index is -1.26. The topological polar surface area (TPSA) is 29.5 Å². The molecule has 2 aromatic carbocycles. The van der Waals surface area contributed by atoms with Crippen LogP contribution < -0.4 is 4.74 Å². The molecule has 0 saturated heterocycles. The van der Waals surface area contributed by atoms with Gasteiger partial charge in [-0.3, -0.25) is 0 Å². The van der Waals surface area contributed by atoms with E-state index in [0.717, 1.165) is 18.2 Å². The molecule has 5 heteroatoms. The van der Waals surface area contributed by atoms with E-state index in [2.05, 4.69) is 0 Å². The first-order chi connectivity index (χ1) is 9.51. The Morgan fingerprint density at radius 2 is 1.75 bits per heavy atom. The fraction of sp³-hybridized carbons (Fsp3) is 0.200. The van der Waals surface area contributed by atoms with Gasteiger partial charge in [0, 0.05) is 12.5 Å². The van der Waals surface area contributed by atoms with Crippen molar-refractivity contribution in [3.05, 3.63) is 65.0 Å². The molecule has 0 amide bonds. The minimum Gasteiger partial charge on any atom is -0.496 e. The van der Waals surface area contributed by atoms with Crippen molar-refractivity contribution in [3.8, 4) is 5.75 Å². The quantitative estimate of drug-likeness (QED) is 0.931. The molecule has 1 unspecified atom stereocenters. The normalized spacial score (nSPS) is 12.2. The van der Waals surface area contributed by atoms with Crippen molar-refractivity contribution in [2.24, 2.45) is 0 Å². The number of aliphatic hydroxyl groups excluding tert-OH is 1. The van der Waals surface area contributed by atoms with Crippen LogP contribution in [0.15, 0.2) is 36.4 Å². The third-order valence-corrected chi connectivity index (χ3v) is 2.92. The number of benzene rings is 2. The third kappa shape index (κ3) is 3.11. The summed E-state index contributed by atoms with van der Waals surface area (Å²) in [4.78, 5) is 0. The second kappa shape index (κ2) is 5.96. The summed E-state index contributed by atoms with van der Waals surface area (Å²) in [6, 6.07) is 7.08. The van der Waals surface area contributed by atoms with Crippen molar-refractivity contribution in [2.45, 2.75) is 12.5 Å². The van der Waals surface area contributed by atoms with Crippen LogP contribution in [0.5, 0.6) is 5.75 Å². The fourth-order valence-corrected chi connectivity index (χ4v) is 2.07. The van der Waals surface area contributed by atoms with Crippen molar-refractivity contribution in [1.29, 1.82) is 0 Å². The summed E-state index contributed by atoms with van der Waals surface area (Å²) in [5.41, 5.74) is 0.208. The summed E-state index contributed by atoms with van der Waals surface area (Å²) in [7, 11) is 1.35. The van der Waals surface area contributed by atoms with Crippen LogP contribution >= 0.6 is 0 Å². The molecule has 0 radical (unpaired) electrons. The first-order valence-corrected chi connectivity index (χ1v) is 5.96. The van der Waals surface area contributed by atoms with Crippen LogP contribution in [0.4, 0.5) is 13.2 Å². The zero-order valence-corrected chi connectivity index (χ0v) is 10.7. The average molecular weight is 282 g/mol. The lowest BCUT2D eigenvalue weighted by molar-refractivity contribution is 0.168. The molecule has 2 rings (SSSR count). The fourth-order valence-electron chi connectivity index (χ4n) is 2.07. The Morgan fingerprint density at radius 1 is 1.10 bits per heavy atom. The number of aliphatic hydroxyl groups is 1. The summed E-state index contributed by atoms with van der Waals surface area (Å²) < 4.78 is 44.9. The van der Waals surface area contributed by atoms with Crippen LogP contribution in [0.25, 0.3) is 0 Å². The summed E-state index contributed by atoms with van der Waals surface area (Å²) in [6.45, 7) is 0. The molecule has 0 bridgehead atoms. The van der Waals surface area contributed by atoms with E-state index >= 15 is 0 Å². The SMILES string of the molecule is COc1cccc(F)c1C(O)Cc1cc(F)cc(F)c1. The summed E-state index contributed by atoms with van der Waals surface area (Å²) in [5.74, 6) is -1.93. The molecule has 20 heavy (non-hydrogen) atoms. The van der Waals surface area contributed by atoms with Crippen LogP contribution in [0.3, 0.4) is 0 Å². The Hall–Kier alpha value is -2.01. The number of methoxy groups -OCH3 is 1. The monoisotopic (exact) mass is 282 g/mol. The van der Waals surface area contributed by atoms with Gasteiger partial charge in [-0.25, -0.2) is 13.2 Å². The molecule has 2 nitrogen and oxygen atoms in total. The number of rotatable bonds is 4. The van der Waals surface area contributed by atoms with Gasteiger partial charge >= 0.3 is 0 Å². The van der Waals surface area contributed by atoms with Gasteiger partial charge in [-0.15, -0.1) is 0 Å². The number of hydrogen-bond acceptors (Lipinski definition) is 2. The predicted octanol–water partition coefficient (Wildman–Crippen LogP) is 3.39. The number of ether oxygens (including phenoxy) is 1. The van der Waals surface area contributed by atoms with Crippen LogP contribution in [0.2, 0.25) is 0 Å². The maximum atomic E-state index is 13.8. The Morgan fingerprint density at radius 3 is 2.35 bits per heavy atom. The number of halogens is 3. The van der Waals surface area contributed by atoms with Crippen LogP contribution in [0.1, 0.15) is 17.2 Å². The third-order valence-electron chi connectivity index (χ3n) is 2.92. The van der Waals surface area contributed by atoms with Crippen molar-refractivity contribution in [3.63, 3.8) is 0 Å². The van der Waals surface area contributed by atoms with E-state index in [0.29, 0.717) is 0 Å². The predicted molar refractivity (Wildman–Crippen MR) is 68.0 cm³/mol. The van der Waals surface area contributed by atoms with Gasteiger partial charge in [0.1, 0.15) is 23.2 Å². The van der Waals surface area contributed by atoms with Gasteiger partial charge in [-0.1, -0.05) is 6.07 Å². The van der Waals surface area contributed by atoms with Gasteiger partial charge in [0.25, 0.3) is 0 Å². The van der Waals surface area contributed by atoms with Gasteiger partial charge in [0.15, 0.2) is 0 Å². The van der Waals surface area contributed by atoms with Crippen LogP contribution in [-0.4, -0.2) is 12.2 Å². The summed E-state index contributed by atoms with van der Waals surface area (Å²) in [5, 5.41) is 10.1. The Bertz CT molecular complexity index is 594. The Kier molecular flexibility index (Phi) is 4.29. The zero-order valence-electron chi connectivity index (χ0n) is 10.7. The molecule has 106 valence electrons. The first kappa shape index (κ1) is 14.4. The Balaban J connectivity index is 2.30. The summed E-state index contributed by atoms with van der Waals surface area (Å²) >= 11 is 0. The van der Waals surface area contributed by atoms with E-state index in [4.69, 9.17) is 4.74 Å². The molecule has 0 aliphatic heterocycles. The zero-order chi connectivity index (χ0) is 14.7. The second-order valence-corrected chi connectivity index (χ2v) is 4.35. The van der Waals surface area contributed by atoms with Gasteiger partial charge < -0.3 is 9.84 Å². The van der Waals surface area contributed by atoms with Crippen molar-refractivity contribution >= 4 is 0 Å². The van der Waals surface area contributed by atoms with Crippen LogP contribution in [0, 0.1) is 17.5 Å². The molecule has 0 heterocycles. The lowest BCUT2D eigenvalue weighted by Gasteiger charge is -2.15. The molecule has 0 spiro atoms.